The third kappa shape index (κ3) is 6.46. The molecule has 7 heteroatoms. The molecule has 0 amide bonds. The summed E-state index contributed by atoms with van der Waals surface area (Å²) in [7, 11) is 0. The van der Waals surface area contributed by atoms with Gasteiger partial charge in [-0.3, -0.25) is 4.98 Å². The summed E-state index contributed by atoms with van der Waals surface area (Å²) in [5.41, 5.74) is 5.55. The van der Waals surface area contributed by atoms with E-state index in [4.69, 9.17) is 4.98 Å². The maximum absolute atomic E-state index is 13.3. The summed E-state index contributed by atoms with van der Waals surface area (Å²) in [5.74, 6) is 0.494. The van der Waals surface area contributed by atoms with Crippen molar-refractivity contribution in [1.29, 1.82) is 0 Å². The predicted molar refractivity (Wildman–Crippen MR) is 179 cm³/mol. The molecule has 0 bridgehead atoms. The van der Waals surface area contributed by atoms with Crippen LogP contribution in [-0.2, 0) is 12.4 Å². The molecule has 0 spiro atoms. The minimum Gasteiger partial charge on any atom is -0.255 e. The quantitative estimate of drug-likeness (QED) is 0.169. The summed E-state index contributed by atoms with van der Waals surface area (Å²) in [6.45, 7) is 0. The van der Waals surface area contributed by atoms with Gasteiger partial charge in [-0.25, -0.2) is 0 Å². The van der Waals surface area contributed by atoms with E-state index in [0.717, 1.165) is 64.9 Å². The average molecular weight is 652 g/mol. The number of benzene rings is 5. The molecule has 1 heterocycles. The monoisotopic (exact) mass is 651 g/mol. The van der Waals surface area contributed by atoms with Gasteiger partial charge < -0.3 is 0 Å². The van der Waals surface area contributed by atoms with E-state index in [1.54, 1.807) is 6.07 Å². The molecule has 48 heavy (non-hydrogen) atoms. The van der Waals surface area contributed by atoms with Gasteiger partial charge in [-0.05, 0) is 112 Å². The average Bonchev–Trinajstić information content (AvgIpc) is 3.11. The van der Waals surface area contributed by atoms with Gasteiger partial charge >= 0.3 is 12.4 Å². The number of pyridine rings is 1. The van der Waals surface area contributed by atoms with Crippen LogP contribution in [0.15, 0.2) is 121 Å². The van der Waals surface area contributed by atoms with Gasteiger partial charge in [0.1, 0.15) is 0 Å². The van der Waals surface area contributed by atoms with Crippen LogP contribution in [0.3, 0.4) is 0 Å². The van der Waals surface area contributed by atoms with E-state index in [0.29, 0.717) is 28.2 Å². The van der Waals surface area contributed by atoms with Gasteiger partial charge in [-0.2, -0.15) is 26.3 Å². The normalized spacial score (nSPS) is 14.4. The molecule has 1 aliphatic carbocycles. The number of rotatable bonds is 5. The van der Waals surface area contributed by atoms with Gasteiger partial charge in [0.15, 0.2) is 0 Å². The van der Waals surface area contributed by atoms with E-state index < -0.39 is 23.5 Å². The summed E-state index contributed by atoms with van der Waals surface area (Å²) in [6.07, 6.45) is -0.876. The summed E-state index contributed by atoms with van der Waals surface area (Å²) in [5, 5.41) is 2.27. The Bertz CT molecular complexity index is 1990. The largest absolute Gasteiger partial charge is 0.416 e. The molecule has 1 aromatic heterocycles. The standard InChI is InChI=1S/C41H31F6N/c42-40(43,44)34-17-13-26(14-18-34)31-22-32(27-15-19-35(20-16-27)41(45,46)47)24-33(23-31)29-9-6-10-30(21-29)39-37-12-5-4-11-36(37)38(25-48-39)28-7-2-1-3-8-28/h4-6,9-25,28H,1-3,7-8H2. The van der Waals surface area contributed by atoms with Crippen molar-refractivity contribution in [2.75, 3.05) is 0 Å². The molecule has 6 aromatic rings. The van der Waals surface area contributed by atoms with Crippen molar-refractivity contribution < 1.29 is 26.3 Å². The van der Waals surface area contributed by atoms with Crippen molar-refractivity contribution in [2.24, 2.45) is 0 Å². The molecule has 1 aliphatic rings. The molecule has 0 atom stereocenters. The van der Waals surface area contributed by atoms with E-state index in [-0.39, 0.29) is 0 Å². The summed E-state index contributed by atoms with van der Waals surface area (Å²) < 4.78 is 79.9. The summed E-state index contributed by atoms with van der Waals surface area (Å²) in [4.78, 5) is 4.99. The van der Waals surface area contributed by atoms with E-state index in [1.807, 2.05) is 48.7 Å². The molecule has 1 saturated carbocycles. The zero-order valence-corrected chi connectivity index (χ0v) is 25.9. The van der Waals surface area contributed by atoms with Crippen molar-refractivity contribution in [3.63, 3.8) is 0 Å². The first kappa shape index (κ1) is 31.7. The van der Waals surface area contributed by atoms with Crippen molar-refractivity contribution >= 4 is 10.8 Å². The Kier molecular flexibility index (Phi) is 8.32. The van der Waals surface area contributed by atoms with Crippen LogP contribution in [0.2, 0.25) is 0 Å². The number of halogens is 6. The lowest BCUT2D eigenvalue weighted by Gasteiger charge is -2.23. The van der Waals surface area contributed by atoms with E-state index in [2.05, 4.69) is 18.2 Å². The molecular weight excluding hydrogens is 620 g/mol. The first-order valence-electron chi connectivity index (χ1n) is 16.0. The van der Waals surface area contributed by atoms with E-state index >= 15 is 0 Å². The molecular formula is C41H31F6N. The van der Waals surface area contributed by atoms with Crippen molar-refractivity contribution in [3.05, 3.63) is 138 Å². The summed E-state index contributed by atoms with van der Waals surface area (Å²) >= 11 is 0. The Morgan fingerprint density at radius 2 is 0.938 bits per heavy atom. The first-order chi connectivity index (χ1) is 23.0. The van der Waals surface area contributed by atoms with Gasteiger partial charge in [-0.1, -0.05) is 86.0 Å². The molecule has 0 aliphatic heterocycles. The second kappa shape index (κ2) is 12.6. The van der Waals surface area contributed by atoms with Crippen molar-refractivity contribution in [3.8, 4) is 44.6 Å². The highest BCUT2D eigenvalue weighted by molar-refractivity contribution is 5.97. The molecule has 5 aromatic carbocycles. The number of fused-ring (bicyclic) bond motifs is 1. The molecule has 1 nitrogen and oxygen atoms in total. The van der Waals surface area contributed by atoms with Gasteiger partial charge in [0.05, 0.1) is 16.8 Å². The fraction of sp³-hybridized carbons (Fsp3) is 0.195. The number of hydrogen-bond acceptors (Lipinski definition) is 1. The Hall–Kier alpha value is -4.91. The molecule has 242 valence electrons. The van der Waals surface area contributed by atoms with Crippen LogP contribution in [0.25, 0.3) is 55.4 Å². The number of alkyl halides is 6. The third-order valence-corrected chi connectivity index (χ3v) is 9.36. The van der Waals surface area contributed by atoms with Crippen LogP contribution in [-0.4, -0.2) is 4.98 Å². The maximum atomic E-state index is 13.3. The zero-order chi connectivity index (χ0) is 33.5. The van der Waals surface area contributed by atoms with Crippen LogP contribution in [0.1, 0.15) is 54.7 Å². The first-order valence-corrected chi connectivity index (χ1v) is 16.0. The highest BCUT2D eigenvalue weighted by Gasteiger charge is 2.31. The van der Waals surface area contributed by atoms with E-state index in [1.165, 1.54) is 54.5 Å². The second-order valence-electron chi connectivity index (χ2n) is 12.5. The van der Waals surface area contributed by atoms with E-state index in [9.17, 15) is 26.3 Å². The number of hydrogen-bond donors (Lipinski definition) is 0. The number of aromatic nitrogens is 1. The van der Waals surface area contributed by atoms with Crippen LogP contribution >= 0.6 is 0 Å². The fourth-order valence-corrected chi connectivity index (χ4v) is 6.86. The Morgan fingerprint density at radius 1 is 0.458 bits per heavy atom. The molecule has 0 unspecified atom stereocenters. The highest BCUT2D eigenvalue weighted by Crippen LogP contribution is 2.40. The van der Waals surface area contributed by atoms with Crippen LogP contribution in [0.4, 0.5) is 26.3 Å². The summed E-state index contributed by atoms with van der Waals surface area (Å²) in [6, 6.07) is 31.7. The molecule has 0 saturated heterocycles. The number of nitrogens with zero attached hydrogens (tertiary/aromatic N) is 1. The minimum atomic E-state index is -4.47. The van der Waals surface area contributed by atoms with Crippen molar-refractivity contribution in [2.45, 2.75) is 50.4 Å². The van der Waals surface area contributed by atoms with Crippen LogP contribution in [0, 0.1) is 0 Å². The smallest absolute Gasteiger partial charge is 0.255 e. The van der Waals surface area contributed by atoms with Gasteiger partial charge in [0.2, 0.25) is 0 Å². The Morgan fingerprint density at radius 3 is 1.48 bits per heavy atom. The minimum absolute atomic E-state index is 0.494. The third-order valence-electron chi connectivity index (χ3n) is 9.36. The van der Waals surface area contributed by atoms with Gasteiger partial charge in [0, 0.05) is 17.1 Å². The lowest BCUT2D eigenvalue weighted by atomic mass is 9.82. The Labute approximate surface area is 274 Å². The lowest BCUT2D eigenvalue weighted by molar-refractivity contribution is -0.138. The highest BCUT2D eigenvalue weighted by atomic mass is 19.4. The topological polar surface area (TPSA) is 12.9 Å². The fourth-order valence-electron chi connectivity index (χ4n) is 6.86. The lowest BCUT2D eigenvalue weighted by Crippen LogP contribution is -2.06. The predicted octanol–water partition coefficient (Wildman–Crippen LogP) is 13.0. The van der Waals surface area contributed by atoms with Gasteiger partial charge in [-0.15, -0.1) is 0 Å². The maximum Gasteiger partial charge on any atom is 0.416 e. The van der Waals surface area contributed by atoms with Crippen LogP contribution < -0.4 is 0 Å². The van der Waals surface area contributed by atoms with Gasteiger partial charge in [0.25, 0.3) is 0 Å². The SMILES string of the molecule is FC(F)(F)c1ccc(-c2cc(-c3ccc(C(F)(F)F)cc3)cc(-c3cccc(-c4ncc(C5CCCCC5)c5ccccc45)c3)c2)cc1. The Balaban J connectivity index is 1.33. The molecule has 1 fully saturated rings. The molecule has 0 N–H and O–H groups in total. The molecule has 0 radical (unpaired) electrons. The van der Waals surface area contributed by atoms with Crippen LogP contribution in [0.5, 0.6) is 0 Å². The molecule has 7 rings (SSSR count). The zero-order valence-electron chi connectivity index (χ0n) is 25.9. The second-order valence-corrected chi connectivity index (χ2v) is 12.5. The van der Waals surface area contributed by atoms with Crippen molar-refractivity contribution in [1.82, 2.24) is 4.98 Å².